The molecule has 5 heteroatoms. The Kier molecular flexibility index (Phi) is 5.44. The minimum Gasteiger partial charge on any atom is -0.484 e. The third-order valence-corrected chi connectivity index (χ3v) is 5.44. The van der Waals surface area contributed by atoms with E-state index in [4.69, 9.17) is 16.3 Å². The second kappa shape index (κ2) is 7.54. The highest BCUT2D eigenvalue weighted by Gasteiger charge is 2.33. The van der Waals surface area contributed by atoms with E-state index in [9.17, 15) is 4.79 Å². The molecule has 2 fully saturated rings. The number of likely N-dealkylation sites (tertiary alicyclic amines) is 2. The minimum absolute atomic E-state index is 0.0929. The standard InChI is InChI=1S/C18H25ClN2O2/c1-20-9-6-14(7-10-20)15-8-11-21(12-15)18(22)13-23-17-4-2-16(19)3-5-17/h2-5,14-15H,6-13H2,1H3. The van der Waals surface area contributed by atoms with Crippen LogP contribution in [0.25, 0.3) is 0 Å². The zero-order valence-corrected chi connectivity index (χ0v) is 14.5. The highest BCUT2D eigenvalue weighted by Crippen LogP contribution is 2.31. The van der Waals surface area contributed by atoms with Crippen LogP contribution < -0.4 is 4.74 Å². The third-order valence-electron chi connectivity index (χ3n) is 5.18. The molecule has 23 heavy (non-hydrogen) atoms. The Labute approximate surface area is 143 Å². The summed E-state index contributed by atoms with van der Waals surface area (Å²) in [5.41, 5.74) is 0. The number of benzene rings is 1. The fourth-order valence-electron chi connectivity index (χ4n) is 3.67. The van der Waals surface area contributed by atoms with Crippen LogP contribution in [-0.2, 0) is 4.79 Å². The van der Waals surface area contributed by atoms with E-state index in [-0.39, 0.29) is 12.5 Å². The number of hydrogen-bond acceptors (Lipinski definition) is 3. The van der Waals surface area contributed by atoms with E-state index >= 15 is 0 Å². The van der Waals surface area contributed by atoms with Crippen LogP contribution in [0.5, 0.6) is 5.75 Å². The first-order valence-electron chi connectivity index (χ1n) is 8.46. The van der Waals surface area contributed by atoms with Crippen molar-refractivity contribution >= 4 is 17.5 Å². The highest BCUT2D eigenvalue weighted by molar-refractivity contribution is 6.30. The molecule has 0 aromatic heterocycles. The summed E-state index contributed by atoms with van der Waals surface area (Å²) in [5.74, 6) is 2.23. The van der Waals surface area contributed by atoms with Gasteiger partial charge in [0, 0.05) is 18.1 Å². The maximum Gasteiger partial charge on any atom is 0.260 e. The fourth-order valence-corrected chi connectivity index (χ4v) is 3.79. The topological polar surface area (TPSA) is 32.8 Å². The van der Waals surface area contributed by atoms with Gasteiger partial charge in [-0.2, -0.15) is 0 Å². The van der Waals surface area contributed by atoms with Gasteiger partial charge in [0.25, 0.3) is 5.91 Å². The molecular formula is C18H25ClN2O2. The summed E-state index contributed by atoms with van der Waals surface area (Å²) in [6.07, 6.45) is 3.68. The predicted molar refractivity (Wildman–Crippen MR) is 91.9 cm³/mol. The smallest absolute Gasteiger partial charge is 0.260 e. The van der Waals surface area contributed by atoms with Gasteiger partial charge in [0.05, 0.1) is 0 Å². The quantitative estimate of drug-likeness (QED) is 0.847. The molecule has 0 saturated carbocycles. The van der Waals surface area contributed by atoms with Crippen molar-refractivity contribution in [3.05, 3.63) is 29.3 Å². The maximum atomic E-state index is 12.3. The number of rotatable bonds is 4. The van der Waals surface area contributed by atoms with Gasteiger partial charge in [0.15, 0.2) is 6.61 Å². The average Bonchev–Trinajstić information content (AvgIpc) is 3.05. The van der Waals surface area contributed by atoms with Crippen molar-refractivity contribution in [3.8, 4) is 5.75 Å². The van der Waals surface area contributed by atoms with Gasteiger partial charge in [0.1, 0.15) is 5.75 Å². The van der Waals surface area contributed by atoms with E-state index in [0.29, 0.717) is 16.7 Å². The summed E-state index contributed by atoms with van der Waals surface area (Å²) in [7, 11) is 2.19. The number of carbonyl (C=O) groups is 1. The van der Waals surface area contributed by atoms with E-state index in [1.54, 1.807) is 24.3 Å². The third kappa shape index (κ3) is 4.39. The number of ether oxygens (including phenoxy) is 1. The number of nitrogens with zero attached hydrogens (tertiary/aromatic N) is 2. The molecular weight excluding hydrogens is 312 g/mol. The molecule has 2 heterocycles. The normalized spacial score (nSPS) is 23.2. The Hall–Kier alpha value is -1.26. The van der Waals surface area contributed by atoms with Crippen LogP contribution in [0.2, 0.25) is 5.02 Å². The zero-order valence-electron chi connectivity index (χ0n) is 13.7. The van der Waals surface area contributed by atoms with E-state index < -0.39 is 0 Å². The minimum atomic E-state index is 0.0929. The Balaban J connectivity index is 1.44. The largest absolute Gasteiger partial charge is 0.484 e. The van der Waals surface area contributed by atoms with Crippen molar-refractivity contribution in [2.75, 3.05) is 39.8 Å². The number of piperidine rings is 1. The van der Waals surface area contributed by atoms with Crippen LogP contribution in [0.1, 0.15) is 19.3 Å². The molecule has 126 valence electrons. The summed E-state index contributed by atoms with van der Waals surface area (Å²) >= 11 is 5.84. The number of amides is 1. The van der Waals surface area contributed by atoms with Crippen LogP contribution in [0.3, 0.4) is 0 Å². The molecule has 0 bridgehead atoms. The van der Waals surface area contributed by atoms with Crippen molar-refractivity contribution in [2.24, 2.45) is 11.8 Å². The summed E-state index contributed by atoms with van der Waals surface area (Å²) in [4.78, 5) is 16.7. The van der Waals surface area contributed by atoms with Gasteiger partial charge in [0.2, 0.25) is 0 Å². The van der Waals surface area contributed by atoms with E-state index in [2.05, 4.69) is 11.9 Å². The molecule has 4 nitrogen and oxygen atoms in total. The zero-order chi connectivity index (χ0) is 16.2. The summed E-state index contributed by atoms with van der Waals surface area (Å²) in [6, 6.07) is 7.13. The van der Waals surface area contributed by atoms with Crippen LogP contribution in [0, 0.1) is 11.8 Å². The molecule has 2 aliphatic heterocycles. The molecule has 0 radical (unpaired) electrons. The van der Waals surface area contributed by atoms with Crippen LogP contribution in [0.4, 0.5) is 0 Å². The number of carbonyl (C=O) groups excluding carboxylic acids is 1. The van der Waals surface area contributed by atoms with Crippen molar-refractivity contribution in [2.45, 2.75) is 19.3 Å². The monoisotopic (exact) mass is 336 g/mol. The van der Waals surface area contributed by atoms with Crippen LogP contribution in [0.15, 0.2) is 24.3 Å². The first-order chi connectivity index (χ1) is 11.1. The molecule has 1 unspecified atom stereocenters. The van der Waals surface area contributed by atoms with Gasteiger partial charge >= 0.3 is 0 Å². The Morgan fingerprint density at radius 3 is 2.48 bits per heavy atom. The number of hydrogen-bond donors (Lipinski definition) is 0. The highest BCUT2D eigenvalue weighted by atomic mass is 35.5. The second-order valence-electron chi connectivity index (χ2n) is 6.77. The van der Waals surface area contributed by atoms with Gasteiger partial charge in [-0.25, -0.2) is 0 Å². The van der Waals surface area contributed by atoms with E-state index in [1.807, 2.05) is 4.90 Å². The number of halogens is 1. The van der Waals surface area contributed by atoms with Gasteiger partial charge in [-0.3, -0.25) is 4.79 Å². The van der Waals surface area contributed by atoms with Crippen molar-refractivity contribution in [3.63, 3.8) is 0 Å². The molecule has 2 aliphatic rings. The second-order valence-corrected chi connectivity index (χ2v) is 7.21. The predicted octanol–water partition coefficient (Wildman–Crippen LogP) is 2.91. The lowest BCUT2D eigenvalue weighted by Gasteiger charge is -2.32. The van der Waals surface area contributed by atoms with Gasteiger partial charge in [-0.05, 0) is 75.5 Å². The lowest BCUT2D eigenvalue weighted by molar-refractivity contribution is -0.132. The van der Waals surface area contributed by atoms with Gasteiger partial charge in [-0.1, -0.05) is 11.6 Å². The first kappa shape index (κ1) is 16.6. The van der Waals surface area contributed by atoms with E-state index in [1.165, 1.54) is 25.9 Å². The summed E-state index contributed by atoms with van der Waals surface area (Å²) in [5, 5.41) is 0.671. The Bertz CT molecular complexity index is 526. The first-order valence-corrected chi connectivity index (χ1v) is 8.84. The van der Waals surface area contributed by atoms with E-state index in [0.717, 1.165) is 25.4 Å². The molecule has 0 spiro atoms. The lowest BCUT2D eigenvalue weighted by Crippen LogP contribution is -2.36. The average molecular weight is 337 g/mol. The van der Waals surface area contributed by atoms with Crippen molar-refractivity contribution in [1.82, 2.24) is 9.80 Å². The Morgan fingerprint density at radius 2 is 1.78 bits per heavy atom. The lowest BCUT2D eigenvalue weighted by atomic mass is 9.84. The van der Waals surface area contributed by atoms with Gasteiger partial charge in [-0.15, -0.1) is 0 Å². The van der Waals surface area contributed by atoms with Crippen LogP contribution in [-0.4, -0.2) is 55.5 Å². The SMILES string of the molecule is CN1CCC(C2CCN(C(=O)COc3ccc(Cl)cc3)C2)CC1. The summed E-state index contributed by atoms with van der Waals surface area (Å²) in [6.45, 7) is 4.27. The molecule has 1 aromatic rings. The summed E-state index contributed by atoms with van der Waals surface area (Å²) < 4.78 is 5.57. The van der Waals surface area contributed by atoms with Gasteiger partial charge < -0.3 is 14.5 Å². The molecule has 1 atom stereocenters. The molecule has 1 aromatic carbocycles. The molecule has 0 N–H and O–H groups in total. The van der Waals surface area contributed by atoms with Crippen LogP contribution >= 0.6 is 11.6 Å². The maximum absolute atomic E-state index is 12.3. The fraction of sp³-hybridized carbons (Fsp3) is 0.611. The Morgan fingerprint density at radius 1 is 1.13 bits per heavy atom. The van der Waals surface area contributed by atoms with Crippen molar-refractivity contribution < 1.29 is 9.53 Å². The molecule has 1 amide bonds. The molecule has 0 aliphatic carbocycles. The molecule has 3 rings (SSSR count). The van der Waals surface area contributed by atoms with Crippen molar-refractivity contribution in [1.29, 1.82) is 0 Å². The molecule has 2 saturated heterocycles.